The van der Waals surface area contributed by atoms with Crippen LogP contribution >= 0.6 is 0 Å². The summed E-state index contributed by atoms with van der Waals surface area (Å²) >= 11 is 0. The summed E-state index contributed by atoms with van der Waals surface area (Å²) in [6.45, 7) is 0.307. The van der Waals surface area contributed by atoms with E-state index in [1.54, 1.807) is 26.2 Å². The van der Waals surface area contributed by atoms with Gasteiger partial charge in [-0.3, -0.25) is 48.6 Å². The standard InChI is InChI=1S/C42H41N7O11/c1-48(2)40(56)26-12-11-23(18-31(26)50)33-19-29(47-60-33)38(54)45-20-25-10-8-22-7-9-24(17-28(22)25)37(53)44-16-4-15-43-35(52)21-59-32-6-3-5-27-36(32)42(58)49(41(27)57)30-13-14-34(51)46-39(30)55/h3,5-7,9,11-12,17-19,25,30,50H,4,8,10,13-16,20-21H2,1-2H3,(H,43,52)(H,44,53)(H,45,54)(H,46,51,55). The van der Waals surface area contributed by atoms with Crippen LogP contribution in [0.3, 0.4) is 0 Å². The topological polar surface area (TPSA) is 247 Å². The number of amides is 8. The second-order valence-electron chi connectivity index (χ2n) is 14.7. The summed E-state index contributed by atoms with van der Waals surface area (Å²) in [7, 11) is 3.15. The molecular weight excluding hydrogens is 778 g/mol. The number of aromatic hydroxyl groups is 1. The number of carbonyl (C=O) groups excluding carboxylic acids is 8. The Bertz CT molecular complexity index is 2440. The minimum Gasteiger partial charge on any atom is -0.507 e. The van der Waals surface area contributed by atoms with Crippen LogP contribution in [0.2, 0.25) is 0 Å². The van der Waals surface area contributed by atoms with E-state index in [2.05, 4.69) is 26.4 Å². The molecule has 3 heterocycles. The predicted octanol–water partition coefficient (Wildman–Crippen LogP) is 1.93. The van der Waals surface area contributed by atoms with E-state index in [1.807, 2.05) is 12.1 Å². The van der Waals surface area contributed by atoms with E-state index in [1.165, 1.54) is 41.3 Å². The molecule has 0 radical (unpaired) electrons. The molecule has 1 saturated heterocycles. The summed E-state index contributed by atoms with van der Waals surface area (Å²) in [6, 6.07) is 14.6. The molecule has 1 aromatic heterocycles. The number of phenolic OH excluding ortho intramolecular Hbond substituents is 1. The van der Waals surface area contributed by atoms with Gasteiger partial charge in [-0.05, 0) is 73.2 Å². The number of nitrogens with zero attached hydrogens (tertiary/aromatic N) is 3. The van der Waals surface area contributed by atoms with Crippen LogP contribution in [0.15, 0.2) is 65.2 Å². The molecule has 0 bridgehead atoms. The third-order valence-electron chi connectivity index (χ3n) is 10.5. The Morgan fingerprint density at radius 1 is 0.917 bits per heavy atom. The maximum absolute atomic E-state index is 13.2. The van der Waals surface area contributed by atoms with Gasteiger partial charge in [-0.2, -0.15) is 0 Å². The lowest BCUT2D eigenvalue weighted by molar-refractivity contribution is -0.136. The van der Waals surface area contributed by atoms with Crippen molar-refractivity contribution < 1.29 is 52.7 Å². The van der Waals surface area contributed by atoms with Crippen molar-refractivity contribution in [2.24, 2.45) is 0 Å². The van der Waals surface area contributed by atoms with Gasteiger partial charge in [-0.1, -0.05) is 23.4 Å². The number of imide groups is 2. The molecule has 1 aliphatic carbocycles. The van der Waals surface area contributed by atoms with Gasteiger partial charge in [0.1, 0.15) is 17.5 Å². The van der Waals surface area contributed by atoms with Gasteiger partial charge in [0.15, 0.2) is 18.1 Å². The molecule has 1 fully saturated rings. The number of aromatic nitrogens is 1. The molecule has 7 rings (SSSR count). The molecule has 2 unspecified atom stereocenters. The summed E-state index contributed by atoms with van der Waals surface area (Å²) in [5.74, 6) is -4.28. The van der Waals surface area contributed by atoms with Gasteiger partial charge >= 0.3 is 0 Å². The van der Waals surface area contributed by atoms with Crippen LogP contribution in [0.4, 0.5) is 0 Å². The van der Waals surface area contributed by atoms with Gasteiger partial charge in [-0.15, -0.1) is 0 Å². The molecular formula is C42H41N7O11. The second kappa shape index (κ2) is 17.2. The number of carbonyl (C=O) groups is 8. The maximum Gasteiger partial charge on any atom is 0.273 e. The lowest BCUT2D eigenvalue weighted by Crippen LogP contribution is -2.54. The van der Waals surface area contributed by atoms with Crippen molar-refractivity contribution in [1.82, 2.24) is 36.2 Å². The molecule has 310 valence electrons. The van der Waals surface area contributed by atoms with Crippen molar-refractivity contribution in [2.75, 3.05) is 40.3 Å². The largest absolute Gasteiger partial charge is 0.507 e. The Hall–Kier alpha value is -7.37. The van der Waals surface area contributed by atoms with Gasteiger partial charge in [0.05, 0.1) is 16.7 Å². The molecule has 8 amide bonds. The Kier molecular flexibility index (Phi) is 11.7. The molecule has 18 heteroatoms. The number of benzene rings is 3. The number of hydrogen-bond donors (Lipinski definition) is 5. The number of piperidine rings is 1. The number of hydrogen-bond acceptors (Lipinski definition) is 12. The highest BCUT2D eigenvalue weighted by atomic mass is 16.5. The van der Waals surface area contributed by atoms with Crippen LogP contribution in [-0.4, -0.2) is 114 Å². The maximum atomic E-state index is 13.2. The zero-order valence-corrected chi connectivity index (χ0v) is 32.7. The zero-order valence-electron chi connectivity index (χ0n) is 32.7. The Morgan fingerprint density at radius 2 is 1.72 bits per heavy atom. The molecule has 18 nitrogen and oxygen atoms in total. The number of fused-ring (bicyclic) bond motifs is 2. The fourth-order valence-electron chi connectivity index (χ4n) is 7.39. The summed E-state index contributed by atoms with van der Waals surface area (Å²) in [6.07, 6.45) is 1.95. The minimum atomic E-state index is -1.13. The quantitative estimate of drug-likeness (QED) is 0.0905. The molecule has 3 aliphatic rings. The first-order chi connectivity index (χ1) is 28.8. The first-order valence-corrected chi connectivity index (χ1v) is 19.3. The van der Waals surface area contributed by atoms with Crippen molar-refractivity contribution >= 4 is 47.3 Å². The second-order valence-corrected chi connectivity index (χ2v) is 14.7. The molecule has 2 atom stereocenters. The molecule has 60 heavy (non-hydrogen) atoms. The van der Waals surface area contributed by atoms with E-state index >= 15 is 0 Å². The first-order valence-electron chi connectivity index (χ1n) is 19.3. The van der Waals surface area contributed by atoms with Crippen LogP contribution < -0.4 is 26.0 Å². The highest BCUT2D eigenvalue weighted by Crippen LogP contribution is 2.35. The van der Waals surface area contributed by atoms with Gasteiger partial charge in [0.25, 0.3) is 35.4 Å². The van der Waals surface area contributed by atoms with Crippen molar-refractivity contribution in [1.29, 1.82) is 0 Å². The molecule has 2 aliphatic heterocycles. The predicted molar refractivity (Wildman–Crippen MR) is 210 cm³/mol. The fraction of sp³-hybridized carbons (Fsp3) is 0.310. The van der Waals surface area contributed by atoms with Gasteiger partial charge in [0, 0.05) is 63.3 Å². The van der Waals surface area contributed by atoms with Crippen molar-refractivity contribution in [3.63, 3.8) is 0 Å². The Labute approximate surface area is 342 Å². The SMILES string of the molecule is CN(C)C(=O)c1ccc(-c2cc(C(=O)NCC3CCc4ccc(C(=O)NCCCNC(=O)COc5cccc6c5C(=O)N(C5CCC(=O)NC5=O)C6=O)cc43)no2)cc1O. The molecule has 0 saturated carbocycles. The van der Waals surface area contributed by atoms with Crippen LogP contribution in [0.1, 0.15) is 94.6 Å². The van der Waals surface area contributed by atoms with Gasteiger partial charge < -0.3 is 35.2 Å². The van der Waals surface area contributed by atoms with E-state index in [0.29, 0.717) is 24.1 Å². The average Bonchev–Trinajstić information content (AvgIpc) is 3.95. The van der Waals surface area contributed by atoms with E-state index in [9.17, 15) is 43.5 Å². The average molecular weight is 820 g/mol. The number of rotatable bonds is 14. The van der Waals surface area contributed by atoms with Crippen molar-refractivity contribution in [2.45, 2.75) is 44.1 Å². The highest BCUT2D eigenvalue weighted by Gasteiger charge is 2.46. The van der Waals surface area contributed by atoms with Gasteiger partial charge in [-0.25, -0.2) is 0 Å². The lowest BCUT2D eigenvalue weighted by atomic mass is 9.98. The number of nitrogens with one attached hydrogen (secondary N) is 4. The summed E-state index contributed by atoms with van der Waals surface area (Å²) < 4.78 is 11.0. The summed E-state index contributed by atoms with van der Waals surface area (Å²) in [4.78, 5) is 103. The molecule has 4 aromatic rings. The number of ether oxygens (including phenoxy) is 1. The minimum absolute atomic E-state index is 0.00700. The fourth-order valence-corrected chi connectivity index (χ4v) is 7.39. The van der Waals surface area contributed by atoms with Crippen LogP contribution in [-0.2, 0) is 20.8 Å². The highest BCUT2D eigenvalue weighted by molar-refractivity contribution is 6.24. The number of aryl methyl sites for hydroxylation is 1. The number of phenols is 1. The normalized spacial score (nSPS) is 16.8. The molecule has 0 spiro atoms. The zero-order chi connectivity index (χ0) is 42.7. The first kappa shape index (κ1) is 40.8. The van der Waals surface area contributed by atoms with E-state index in [-0.39, 0.29) is 83.3 Å². The van der Waals surface area contributed by atoms with E-state index < -0.39 is 48.1 Å². The van der Waals surface area contributed by atoms with Crippen LogP contribution in [0, 0.1) is 0 Å². The summed E-state index contributed by atoms with van der Waals surface area (Å²) in [5, 5.41) is 24.8. The smallest absolute Gasteiger partial charge is 0.273 e. The van der Waals surface area contributed by atoms with E-state index in [0.717, 1.165) is 28.9 Å². The van der Waals surface area contributed by atoms with Crippen molar-refractivity contribution in [3.8, 4) is 22.8 Å². The summed E-state index contributed by atoms with van der Waals surface area (Å²) in [5.41, 5.74) is 3.07. The van der Waals surface area contributed by atoms with Crippen LogP contribution in [0.5, 0.6) is 11.5 Å². The third kappa shape index (κ3) is 8.43. The molecule has 5 N–H and O–H groups in total. The van der Waals surface area contributed by atoms with Crippen molar-refractivity contribution in [3.05, 3.63) is 99.7 Å². The molecule has 3 aromatic carbocycles. The third-order valence-corrected chi connectivity index (χ3v) is 10.5. The van der Waals surface area contributed by atoms with Gasteiger partial charge in [0.2, 0.25) is 11.8 Å². The monoisotopic (exact) mass is 819 g/mol. The Balaban J connectivity index is 0.846. The van der Waals surface area contributed by atoms with E-state index in [4.69, 9.17) is 9.26 Å². The Morgan fingerprint density at radius 3 is 2.48 bits per heavy atom. The lowest BCUT2D eigenvalue weighted by Gasteiger charge is -2.27. The van der Waals surface area contributed by atoms with Crippen LogP contribution in [0.25, 0.3) is 11.3 Å².